The van der Waals surface area contributed by atoms with E-state index in [1.165, 1.54) is 24.5 Å². The lowest BCUT2D eigenvalue weighted by Crippen LogP contribution is -2.31. The number of anilines is 3. The lowest BCUT2D eigenvalue weighted by molar-refractivity contribution is 0.0958. The highest BCUT2D eigenvalue weighted by molar-refractivity contribution is 5.95. The largest absolute Gasteiger partial charge is 0.393 e. The van der Waals surface area contributed by atoms with Gasteiger partial charge in [0.05, 0.1) is 5.56 Å². The van der Waals surface area contributed by atoms with E-state index in [1.807, 2.05) is 65.6 Å². The Bertz CT molecular complexity index is 1180. The molecule has 0 radical (unpaired) electrons. The minimum Gasteiger partial charge on any atom is -0.393 e. The Labute approximate surface area is 191 Å². The Hall–Kier alpha value is -4.46. The lowest BCUT2D eigenvalue weighted by Gasteiger charge is -2.26. The summed E-state index contributed by atoms with van der Waals surface area (Å²) in [6.07, 6.45) is 1.37. The highest BCUT2D eigenvalue weighted by atomic mass is 19.1. The van der Waals surface area contributed by atoms with Crippen molar-refractivity contribution < 1.29 is 9.18 Å². The van der Waals surface area contributed by atoms with Crippen LogP contribution in [0.15, 0.2) is 91.3 Å². The first-order valence-electron chi connectivity index (χ1n) is 10.4. The molecule has 4 rings (SSSR count). The molecule has 33 heavy (non-hydrogen) atoms. The maximum atomic E-state index is 13.9. The maximum Gasteiger partial charge on any atom is 0.272 e. The monoisotopic (exact) mass is 442 g/mol. The van der Waals surface area contributed by atoms with Crippen LogP contribution in [0.25, 0.3) is 0 Å². The number of aromatic nitrogens is 2. The molecule has 1 aromatic heterocycles. The molecule has 0 aliphatic heterocycles. The number of benzene rings is 3. The van der Waals surface area contributed by atoms with Gasteiger partial charge in [0.15, 0.2) is 11.6 Å². The van der Waals surface area contributed by atoms with Gasteiger partial charge in [0.25, 0.3) is 5.91 Å². The molecule has 4 N–H and O–H groups in total. The molecule has 0 atom stereocenters. The number of nitrogens with one attached hydrogen (secondary N) is 2. The van der Waals surface area contributed by atoms with Crippen LogP contribution in [0.1, 0.15) is 21.5 Å². The quantitative estimate of drug-likeness (QED) is 0.355. The van der Waals surface area contributed by atoms with Crippen molar-refractivity contribution in [2.75, 3.05) is 16.1 Å². The van der Waals surface area contributed by atoms with E-state index in [0.717, 1.165) is 11.1 Å². The summed E-state index contributed by atoms with van der Waals surface area (Å²) in [6.45, 7) is 1.13. The smallest absolute Gasteiger partial charge is 0.272 e. The summed E-state index contributed by atoms with van der Waals surface area (Å²) < 4.78 is 13.9. The fourth-order valence-electron chi connectivity index (χ4n) is 3.38. The molecule has 7 nitrogen and oxygen atoms in total. The molecular formula is C25H23FN6O. The molecule has 3 aromatic carbocycles. The van der Waals surface area contributed by atoms with E-state index in [9.17, 15) is 9.18 Å². The van der Waals surface area contributed by atoms with Gasteiger partial charge in [0.1, 0.15) is 17.8 Å². The van der Waals surface area contributed by atoms with Crippen molar-refractivity contribution in [2.24, 2.45) is 0 Å². The van der Waals surface area contributed by atoms with Crippen LogP contribution in [0, 0.1) is 5.82 Å². The predicted octanol–water partition coefficient (Wildman–Crippen LogP) is 4.16. The van der Waals surface area contributed by atoms with Crippen molar-refractivity contribution in [3.8, 4) is 0 Å². The first-order valence-corrected chi connectivity index (χ1v) is 10.4. The minimum absolute atomic E-state index is 0.0902. The van der Waals surface area contributed by atoms with Gasteiger partial charge in [-0.05, 0) is 23.3 Å². The summed E-state index contributed by atoms with van der Waals surface area (Å²) in [5.74, 6) is -0.528. The fourth-order valence-corrected chi connectivity index (χ4v) is 3.38. The summed E-state index contributed by atoms with van der Waals surface area (Å²) in [7, 11) is 0. The molecule has 166 valence electrons. The Balaban J connectivity index is 1.57. The van der Waals surface area contributed by atoms with Crippen molar-refractivity contribution in [3.05, 3.63) is 114 Å². The molecule has 0 spiro atoms. The second-order valence-electron chi connectivity index (χ2n) is 7.35. The predicted molar refractivity (Wildman–Crippen MR) is 127 cm³/mol. The number of hydrogen-bond donors (Lipinski definition) is 3. The first kappa shape index (κ1) is 21.8. The number of hydrazine groups is 1. The number of hydrogen-bond acceptors (Lipinski definition) is 6. The van der Waals surface area contributed by atoms with Crippen LogP contribution in [0.4, 0.5) is 21.7 Å². The zero-order valence-corrected chi connectivity index (χ0v) is 17.8. The van der Waals surface area contributed by atoms with Crippen molar-refractivity contribution in [1.82, 2.24) is 15.4 Å². The summed E-state index contributed by atoms with van der Waals surface area (Å²) in [5.41, 5.74) is 13.9. The van der Waals surface area contributed by atoms with Crippen LogP contribution < -0.4 is 21.5 Å². The summed E-state index contributed by atoms with van der Waals surface area (Å²) in [4.78, 5) is 22.9. The molecule has 0 unspecified atom stereocenters. The highest BCUT2D eigenvalue weighted by Crippen LogP contribution is 2.28. The number of nitrogens with zero attached hydrogens (tertiary/aromatic N) is 3. The molecule has 4 aromatic rings. The minimum atomic E-state index is -0.641. The van der Waals surface area contributed by atoms with Gasteiger partial charge in [-0.1, -0.05) is 72.8 Å². The number of carbonyl (C=O) groups excluding carboxylic acids is 1. The molecule has 0 fully saturated rings. The van der Waals surface area contributed by atoms with Crippen molar-refractivity contribution >= 4 is 23.2 Å². The third kappa shape index (κ3) is 5.43. The van der Waals surface area contributed by atoms with E-state index in [4.69, 9.17) is 5.73 Å². The van der Waals surface area contributed by atoms with Gasteiger partial charge in [0, 0.05) is 13.1 Å². The molecular weight excluding hydrogens is 419 g/mol. The molecule has 0 aliphatic rings. The summed E-state index contributed by atoms with van der Waals surface area (Å²) in [5, 5.41) is 0. The zero-order chi connectivity index (χ0) is 23.0. The molecule has 0 bridgehead atoms. The number of nitrogen functional groups attached to an aromatic ring is 1. The summed E-state index contributed by atoms with van der Waals surface area (Å²) in [6, 6.07) is 25.7. The second kappa shape index (κ2) is 10.2. The third-order valence-electron chi connectivity index (χ3n) is 5.01. The first-order chi connectivity index (χ1) is 16.1. The third-order valence-corrected chi connectivity index (χ3v) is 5.01. The maximum absolute atomic E-state index is 13.9. The lowest BCUT2D eigenvalue weighted by atomic mass is 10.1. The van der Waals surface area contributed by atoms with E-state index in [-0.39, 0.29) is 17.1 Å². The average Bonchev–Trinajstić information content (AvgIpc) is 2.84. The van der Waals surface area contributed by atoms with Gasteiger partial charge in [-0.25, -0.2) is 14.4 Å². The van der Waals surface area contributed by atoms with Crippen molar-refractivity contribution in [3.63, 3.8) is 0 Å². The summed E-state index contributed by atoms with van der Waals surface area (Å²) >= 11 is 0. The van der Waals surface area contributed by atoms with E-state index >= 15 is 0 Å². The zero-order valence-electron chi connectivity index (χ0n) is 17.8. The van der Waals surface area contributed by atoms with Gasteiger partial charge < -0.3 is 10.6 Å². The molecule has 0 saturated carbocycles. The van der Waals surface area contributed by atoms with Crippen molar-refractivity contribution in [2.45, 2.75) is 13.1 Å². The average molecular weight is 442 g/mol. The van der Waals surface area contributed by atoms with Gasteiger partial charge in [-0.3, -0.25) is 15.6 Å². The van der Waals surface area contributed by atoms with Crippen molar-refractivity contribution in [1.29, 1.82) is 0 Å². The molecule has 1 heterocycles. The normalized spacial score (nSPS) is 10.5. The number of carbonyl (C=O) groups is 1. The van der Waals surface area contributed by atoms with E-state index in [2.05, 4.69) is 20.8 Å². The number of halogens is 1. The van der Waals surface area contributed by atoms with Gasteiger partial charge in [0.2, 0.25) is 0 Å². The number of nitrogens with two attached hydrogens (primary N) is 1. The molecule has 1 amide bonds. The van der Waals surface area contributed by atoms with E-state index < -0.39 is 11.7 Å². The van der Waals surface area contributed by atoms with Crippen LogP contribution in [0.5, 0.6) is 0 Å². The van der Waals surface area contributed by atoms with Crippen LogP contribution in [0.3, 0.4) is 0 Å². The van der Waals surface area contributed by atoms with E-state index in [1.54, 1.807) is 6.07 Å². The van der Waals surface area contributed by atoms with Gasteiger partial charge in [-0.2, -0.15) is 0 Å². The topological polar surface area (TPSA) is 96.2 Å². The van der Waals surface area contributed by atoms with Crippen LogP contribution in [0.2, 0.25) is 0 Å². The Morgan fingerprint density at radius 1 is 0.848 bits per heavy atom. The Morgan fingerprint density at radius 3 is 2.03 bits per heavy atom. The van der Waals surface area contributed by atoms with Crippen LogP contribution in [-0.4, -0.2) is 15.9 Å². The Morgan fingerprint density at radius 2 is 1.42 bits per heavy atom. The number of rotatable bonds is 8. The second-order valence-corrected chi connectivity index (χ2v) is 7.35. The van der Waals surface area contributed by atoms with Gasteiger partial charge in [-0.15, -0.1) is 0 Å². The Kier molecular flexibility index (Phi) is 6.75. The fraction of sp³-hybridized carbons (Fsp3) is 0.0800. The van der Waals surface area contributed by atoms with Gasteiger partial charge >= 0.3 is 0 Å². The number of amides is 1. The van der Waals surface area contributed by atoms with Crippen LogP contribution in [-0.2, 0) is 13.1 Å². The molecule has 8 heteroatoms. The molecule has 0 saturated heterocycles. The van der Waals surface area contributed by atoms with E-state index in [0.29, 0.717) is 18.9 Å². The SMILES string of the molecule is Nc1c(NNC(=O)c2ccccc2F)ncnc1N(Cc1ccccc1)Cc1ccccc1. The van der Waals surface area contributed by atoms with Crippen LogP contribution >= 0.6 is 0 Å². The molecule has 0 aliphatic carbocycles. The standard InChI is InChI=1S/C25H23FN6O/c26-21-14-8-7-13-20(21)25(33)31-30-23-22(27)24(29-17-28-23)32(15-18-9-3-1-4-10-18)16-19-11-5-2-6-12-19/h1-14,17H,15-16,27H2,(H,31,33)(H,28,29,30). The highest BCUT2D eigenvalue weighted by Gasteiger charge is 2.17.